The highest BCUT2D eigenvalue weighted by Gasteiger charge is 2.30. The molecular formula is C32H38F2N4O6. The number of nitrogens with one attached hydrogen (secondary N) is 1. The zero-order valence-corrected chi connectivity index (χ0v) is 25.5. The molecule has 0 radical (unpaired) electrons. The van der Waals surface area contributed by atoms with E-state index in [4.69, 9.17) is 14.2 Å². The van der Waals surface area contributed by atoms with Crippen molar-refractivity contribution in [2.75, 3.05) is 36.9 Å². The average molecular weight is 613 g/mol. The molecule has 0 saturated carbocycles. The van der Waals surface area contributed by atoms with Gasteiger partial charge in [0.25, 0.3) is 0 Å². The van der Waals surface area contributed by atoms with Crippen molar-refractivity contribution in [3.05, 3.63) is 95.6 Å². The highest BCUT2D eigenvalue weighted by molar-refractivity contribution is 5.85. The fraction of sp³-hybridized carbons (Fsp3) is 0.344. The van der Waals surface area contributed by atoms with E-state index in [1.807, 2.05) is 12.1 Å². The molecule has 3 aromatic carbocycles. The first-order valence-electron chi connectivity index (χ1n) is 14.0. The third-order valence-electron chi connectivity index (χ3n) is 6.19. The summed E-state index contributed by atoms with van der Waals surface area (Å²) in [6, 6.07) is 19.9. The molecule has 0 heterocycles. The summed E-state index contributed by atoms with van der Waals surface area (Å²) >= 11 is 0. The monoisotopic (exact) mass is 612 g/mol. The topological polar surface area (TPSA) is 101 Å². The lowest BCUT2D eigenvalue weighted by molar-refractivity contribution is -0.0366. The van der Waals surface area contributed by atoms with Crippen LogP contribution in [0.25, 0.3) is 0 Å². The van der Waals surface area contributed by atoms with Crippen molar-refractivity contribution in [1.82, 2.24) is 10.0 Å². The average Bonchev–Trinajstić information content (AvgIpc) is 2.97. The molecule has 0 bridgehead atoms. The van der Waals surface area contributed by atoms with E-state index in [1.165, 1.54) is 11.9 Å². The molecule has 0 atom stereocenters. The summed E-state index contributed by atoms with van der Waals surface area (Å²) < 4.78 is 46.4. The number of ether oxygens (including phenoxy) is 3. The number of hydrogen-bond acceptors (Lipinski definition) is 7. The molecule has 236 valence electrons. The zero-order valence-electron chi connectivity index (χ0n) is 25.5. The van der Waals surface area contributed by atoms with Crippen molar-refractivity contribution in [2.45, 2.75) is 46.5 Å². The third-order valence-corrected chi connectivity index (χ3v) is 6.19. The number of hydrogen-bond donors (Lipinski definition) is 1. The molecule has 10 nitrogen and oxygen atoms in total. The quantitative estimate of drug-likeness (QED) is 0.195. The minimum Gasteiger partial charge on any atom is -0.444 e. The van der Waals surface area contributed by atoms with Gasteiger partial charge in [-0.25, -0.2) is 33.2 Å². The molecule has 3 amide bonds. The van der Waals surface area contributed by atoms with E-state index in [-0.39, 0.29) is 44.2 Å². The number of carbonyl (C=O) groups is 3. The summed E-state index contributed by atoms with van der Waals surface area (Å²) in [6.07, 6.45) is -2.54. The molecule has 0 aromatic heterocycles. The number of rotatable bonds is 10. The SMILES string of the molecule is CCN(CCN(C(=O)OC(C)(C)C)N(C)C(=O)OCc1ccccc1)c1c(F)cc(NC(=O)OCc2ccccc2)cc1F. The number of likely N-dealkylation sites (N-methyl/N-ethyl adjacent to an activating group) is 1. The Bertz CT molecular complexity index is 1380. The van der Waals surface area contributed by atoms with Gasteiger partial charge in [0, 0.05) is 25.8 Å². The summed E-state index contributed by atoms with van der Waals surface area (Å²) in [5.41, 5.74) is 0.133. The number of benzene rings is 3. The molecule has 1 N–H and O–H groups in total. The lowest BCUT2D eigenvalue weighted by Gasteiger charge is -2.34. The van der Waals surface area contributed by atoms with Crippen LogP contribution >= 0.6 is 0 Å². The highest BCUT2D eigenvalue weighted by atomic mass is 19.1. The minimum atomic E-state index is -0.940. The number of carbonyl (C=O) groups excluding carboxylic acids is 3. The Morgan fingerprint density at radius 3 is 1.82 bits per heavy atom. The van der Waals surface area contributed by atoms with Gasteiger partial charge in [-0.15, -0.1) is 0 Å². The Hall–Kier alpha value is -4.87. The standard InChI is InChI=1S/C32H38F2N4O6/c1-6-37(28-26(33)19-25(20-27(28)34)35-29(39)42-21-23-13-9-7-10-14-23)17-18-38(31(41)44-32(2,3)4)36(5)30(40)43-22-24-15-11-8-12-16-24/h7-16,19-20H,6,17-18,21-22H2,1-5H3,(H,35,39). The smallest absolute Gasteiger partial charge is 0.429 e. The Morgan fingerprint density at radius 1 is 0.795 bits per heavy atom. The lowest BCUT2D eigenvalue weighted by atomic mass is 10.2. The third kappa shape index (κ3) is 10.1. The van der Waals surface area contributed by atoms with Crippen molar-refractivity contribution >= 4 is 29.7 Å². The first kappa shape index (κ1) is 33.6. The van der Waals surface area contributed by atoms with E-state index in [0.29, 0.717) is 0 Å². The second kappa shape index (κ2) is 15.6. The zero-order chi connectivity index (χ0) is 32.3. The van der Waals surface area contributed by atoms with Crippen molar-refractivity contribution in [2.24, 2.45) is 0 Å². The molecule has 0 aliphatic rings. The van der Waals surface area contributed by atoms with Gasteiger partial charge in [-0.1, -0.05) is 60.7 Å². The van der Waals surface area contributed by atoms with Crippen molar-refractivity contribution in [3.8, 4) is 0 Å². The van der Waals surface area contributed by atoms with Gasteiger partial charge in [0.15, 0.2) is 11.6 Å². The van der Waals surface area contributed by atoms with E-state index in [2.05, 4.69) is 5.32 Å². The van der Waals surface area contributed by atoms with Crippen LogP contribution in [0.15, 0.2) is 72.8 Å². The van der Waals surface area contributed by atoms with Gasteiger partial charge in [0.2, 0.25) is 0 Å². The molecule has 0 fully saturated rings. The van der Waals surface area contributed by atoms with Crippen LogP contribution in [0.3, 0.4) is 0 Å². The minimum absolute atomic E-state index is 0.0122. The maximum Gasteiger partial charge on any atom is 0.429 e. The number of nitrogens with zero attached hydrogens (tertiary/aromatic N) is 3. The predicted octanol–water partition coefficient (Wildman–Crippen LogP) is 6.96. The van der Waals surface area contributed by atoms with E-state index in [0.717, 1.165) is 33.3 Å². The Kier molecular flexibility index (Phi) is 11.9. The second-order valence-corrected chi connectivity index (χ2v) is 10.7. The van der Waals surface area contributed by atoms with Crippen LogP contribution in [-0.4, -0.2) is 60.6 Å². The van der Waals surface area contributed by atoms with Crippen LogP contribution in [-0.2, 0) is 27.4 Å². The van der Waals surface area contributed by atoms with E-state index in [9.17, 15) is 14.4 Å². The number of anilines is 2. The van der Waals surface area contributed by atoms with Crippen LogP contribution in [0.2, 0.25) is 0 Å². The van der Waals surface area contributed by atoms with E-state index in [1.54, 1.807) is 76.2 Å². The Labute approximate surface area is 256 Å². The van der Waals surface area contributed by atoms with Gasteiger partial charge in [-0.2, -0.15) is 0 Å². The van der Waals surface area contributed by atoms with Crippen molar-refractivity contribution < 1.29 is 37.4 Å². The summed E-state index contributed by atoms with van der Waals surface area (Å²) in [7, 11) is 1.34. The van der Waals surface area contributed by atoms with Gasteiger partial charge < -0.3 is 19.1 Å². The van der Waals surface area contributed by atoms with Crippen LogP contribution in [0.1, 0.15) is 38.8 Å². The maximum atomic E-state index is 15.2. The maximum absolute atomic E-state index is 15.2. The normalized spacial score (nSPS) is 10.9. The number of halogens is 2. The van der Waals surface area contributed by atoms with Crippen LogP contribution in [0.4, 0.5) is 34.5 Å². The van der Waals surface area contributed by atoms with Gasteiger partial charge >= 0.3 is 18.3 Å². The van der Waals surface area contributed by atoms with Crippen LogP contribution < -0.4 is 10.2 Å². The highest BCUT2D eigenvalue weighted by Crippen LogP contribution is 2.27. The molecule has 0 saturated heterocycles. The molecule has 0 spiro atoms. The molecule has 3 rings (SSSR count). The lowest BCUT2D eigenvalue weighted by Crippen LogP contribution is -2.52. The summed E-state index contributed by atoms with van der Waals surface area (Å²) in [4.78, 5) is 39.5. The Morgan fingerprint density at radius 2 is 1.32 bits per heavy atom. The van der Waals surface area contributed by atoms with Gasteiger partial charge in [-0.05, 0) is 51.0 Å². The molecule has 12 heteroatoms. The van der Waals surface area contributed by atoms with Gasteiger partial charge in [0.05, 0.1) is 6.54 Å². The molecular weight excluding hydrogens is 574 g/mol. The number of hydrazine groups is 1. The fourth-order valence-electron chi connectivity index (χ4n) is 4.05. The Balaban J connectivity index is 1.70. The summed E-state index contributed by atoms with van der Waals surface area (Å²) in [5.74, 6) is -1.88. The predicted molar refractivity (Wildman–Crippen MR) is 162 cm³/mol. The molecule has 3 aromatic rings. The second-order valence-electron chi connectivity index (χ2n) is 10.7. The molecule has 0 aliphatic heterocycles. The number of amides is 3. The van der Waals surface area contributed by atoms with E-state index < -0.39 is 35.5 Å². The van der Waals surface area contributed by atoms with Crippen LogP contribution in [0, 0.1) is 11.6 Å². The van der Waals surface area contributed by atoms with Crippen molar-refractivity contribution in [1.29, 1.82) is 0 Å². The first-order valence-corrected chi connectivity index (χ1v) is 14.0. The molecule has 0 aliphatic carbocycles. The fourth-order valence-corrected chi connectivity index (χ4v) is 4.05. The van der Waals surface area contributed by atoms with E-state index >= 15 is 8.78 Å². The summed E-state index contributed by atoms with van der Waals surface area (Å²) in [5, 5.41) is 4.30. The largest absolute Gasteiger partial charge is 0.444 e. The summed E-state index contributed by atoms with van der Waals surface area (Å²) in [6.45, 7) is 6.57. The van der Waals surface area contributed by atoms with Gasteiger partial charge in [-0.3, -0.25) is 5.32 Å². The molecule has 0 unspecified atom stereocenters. The molecule has 44 heavy (non-hydrogen) atoms. The van der Waals surface area contributed by atoms with Crippen LogP contribution in [0.5, 0.6) is 0 Å². The van der Waals surface area contributed by atoms with Gasteiger partial charge in [0.1, 0.15) is 24.5 Å². The van der Waals surface area contributed by atoms with Crippen molar-refractivity contribution in [3.63, 3.8) is 0 Å². The first-order chi connectivity index (χ1) is 20.9.